The van der Waals surface area contributed by atoms with Gasteiger partial charge < -0.3 is 9.30 Å². The number of aromatic nitrogens is 4. The Balaban J connectivity index is 1.46. The van der Waals surface area contributed by atoms with E-state index in [0.717, 1.165) is 22.5 Å². The standard InChI is InChI=1S/C28H29N5O5S/c1-4-24-31-25-17(3)14-22(28(35)38-5-2)30-26(25)33(24)16-18-6-8-19(9-7-18)21-12-13-29-15-23(21)39(36,37)32-27(34)20-10-11-20/h6-9,12-15,20H,4-5,10-11,16H2,1-3H3,(H,32,34). The first-order chi connectivity index (χ1) is 18.7. The summed E-state index contributed by atoms with van der Waals surface area (Å²) in [6.07, 6.45) is 4.85. The van der Waals surface area contributed by atoms with Gasteiger partial charge in [0.2, 0.25) is 5.91 Å². The predicted molar refractivity (Wildman–Crippen MR) is 144 cm³/mol. The second kappa shape index (κ2) is 10.6. The van der Waals surface area contributed by atoms with Crippen LogP contribution in [0.1, 0.15) is 54.1 Å². The van der Waals surface area contributed by atoms with Gasteiger partial charge in [0.25, 0.3) is 10.0 Å². The summed E-state index contributed by atoms with van der Waals surface area (Å²) in [5, 5.41) is 0. The fourth-order valence-electron chi connectivity index (χ4n) is 4.45. The topological polar surface area (TPSA) is 133 Å². The molecule has 4 aromatic rings. The second-order valence-electron chi connectivity index (χ2n) is 9.50. The third-order valence-corrected chi connectivity index (χ3v) is 8.01. The summed E-state index contributed by atoms with van der Waals surface area (Å²) >= 11 is 0. The molecule has 0 unspecified atom stereocenters. The van der Waals surface area contributed by atoms with Crippen molar-refractivity contribution in [1.29, 1.82) is 0 Å². The van der Waals surface area contributed by atoms with Crippen molar-refractivity contribution in [2.45, 2.75) is 51.5 Å². The molecular formula is C28H29N5O5S. The van der Waals surface area contributed by atoms with Crippen LogP contribution in [0.3, 0.4) is 0 Å². The highest BCUT2D eigenvalue weighted by atomic mass is 32.2. The van der Waals surface area contributed by atoms with Crippen molar-refractivity contribution in [3.05, 3.63) is 71.4 Å². The molecule has 3 heterocycles. The molecule has 39 heavy (non-hydrogen) atoms. The summed E-state index contributed by atoms with van der Waals surface area (Å²) < 4.78 is 35.2. The van der Waals surface area contributed by atoms with E-state index in [4.69, 9.17) is 9.72 Å². The summed E-state index contributed by atoms with van der Waals surface area (Å²) in [6, 6.07) is 10.8. The Bertz CT molecular complexity index is 1670. The summed E-state index contributed by atoms with van der Waals surface area (Å²) in [7, 11) is -4.07. The van der Waals surface area contributed by atoms with Crippen molar-refractivity contribution in [2.75, 3.05) is 6.61 Å². The molecule has 1 fully saturated rings. The lowest BCUT2D eigenvalue weighted by atomic mass is 10.0. The third-order valence-electron chi connectivity index (χ3n) is 6.64. The van der Waals surface area contributed by atoms with E-state index >= 15 is 0 Å². The van der Waals surface area contributed by atoms with Crippen LogP contribution in [0.2, 0.25) is 0 Å². The molecule has 0 saturated heterocycles. The van der Waals surface area contributed by atoms with E-state index in [9.17, 15) is 18.0 Å². The van der Waals surface area contributed by atoms with Gasteiger partial charge in [0.1, 0.15) is 16.2 Å². The highest BCUT2D eigenvalue weighted by molar-refractivity contribution is 7.90. The molecule has 1 amide bonds. The molecule has 1 N–H and O–H groups in total. The summed E-state index contributed by atoms with van der Waals surface area (Å²) in [6.45, 7) is 6.37. The van der Waals surface area contributed by atoms with E-state index in [-0.39, 0.29) is 23.1 Å². The van der Waals surface area contributed by atoms with Crippen LogP contribution in [-0.2, 0) is 32.5 Å². The number of ether oxygens (including phenoxy) is 1. The number of esters is 1. The average molecular weight is 548 g/mol. The molecule has 202 valence electrons. The molecule has 1 aliphatic carbocycles. The molecular weight excluding hydrogens is 518 g/mol. The predicted octanol–water partition coefficient (Wildman–Crippen LogP) is 3.80. The van der Waals surface area contributed by atoms with Crippen molar-refractivity contribution in [3.8, 4) is 11.1 Å². The van der Waals surface area contributed by atoms with Gasteiger partial charge in [-0.2, -0.15) is 0 Å². The number of pyridine rings is 2. The Labute approximate surface area is 226 Å². The maximum Gasteiger partial charge on any atom is 0.357 e. The summed E-state index contributed by atoms with van der Waals surface area (Å²) in [5.41, 5.74) is 4.48. The maximum atomic E-state index is 13.0. The molecule has 5 rings (SSSR count). The minimum absolute atomic E-state index is 0.0493. The quantitative estimate of drug-likeness (QED) is 0.313. The van der Waals surface area contributed by atoms with E-state index in [1.54, 1.807) is 19.1 Å². The first-order valence-corrected chi connectivity index (χ1v) is 14.3. The molecule has 0 radical (unpaired) electrons. The summed E-state index contributed by atoms with van der Waals surface area (Å²) in [5.74, 6) is -0.360. The lowest BCUT2D eigenvalue weighted by Gasteiger charge is -2.12. The fourth-order valence-corrected chi connectivity index (χ4v) is 5.67. The Kier molecular flexibility index (Phi) is 7.17. The number of nitrogens with zero attached hydrogens (tertiary/aromatic N) is 4. The van der Waals surface area contributed by atoms with Gasteiger partial charge in [-0.3, -0.25) is 9.78 Å². The van der Waals surface area contributed by atoms with Gasteiger partial charge in [-0.25, -0.2) is 27.9 Å². The third kappa shape index (κ3) is 5.40. The minimum Gasteiger partial charge on any atom is -0.461 e. The van der Waals surface area contributed by atoms with E-state index in [1.165, 1.54) is 12.4 Å². The Morgan fingerprint density at radius 2 is 1.85 bits per heavy atom. The number of fused-ring (bicyclic) bond motifs is 1. The molecule has 1 aromatic carbocycles. The van der Waals surface area contributed by atoms with E-state index in [2.05, 4.69) is 14.7 Å². The number of sulfonamides is 1. The van der Waals surface area contributed by atoms with Gasteiger partial charge in [0, 0.05) is 30.3 Å². The first kappa shape index (κ1) is 26.5. The number of rotatable bonds is 9. The van der Waals surface area contributed by atoms with Crippen LogP contribution in [0.15, 0.2) is 53.7 Å². The number of hydrogen-bond acceptors (Lipinski definition) is 8. The minimum atomic E-state index is -4.07. The zero-order valence-corrected chi connectivity index (χ0v) is 22.8. The lowest BCUT2D eigenvalue weighted by Crippen LogP contribution is -2.32. The zero-order chi connectivity index (χ0) is 27.7. The van der Waals surface area contributed by atoms with Gasteiger partial charge in [-0.1, -0.05) is 31.2 Å². The Morgan fingerprint density at radius 1 is 1.10 bits per heavy atom. The molecule has 3 aromatic heterocycles. The maximum absolute atomic E-state index is 13.0. The molecule has 0 atom stereocenters. The zero-order valence-electron chi connectivity index (χ0n) is 22.0. The first-order valence-electron chi connectivity index (χ1n) is 12.9. The van der Waals surface area contributed by atoms with Crippen LogP contribution in [0.5, 0.6) is 0 Å². The van der Waals surface area contributed by atoms with E-state index in [1.807, 2.05) is 42.7 Å². The number of aryl methyl sites for hydroxylation is 2. The van der Waals surface area contributed by atoms with Crippen molar-refractivity contribution in [1.82, 2.24) is 24.2 Å². The number of hydrogen-bond donors (Lipinski definition) is 1. The average Bonchev–Trinajstić information content (AvgIpc) is 3.72. The normalized spacial score (nSPS) is 13.4. The van der Waals surface area contributed by atoms with Gasteiger partial charge in [0.05, 0.1) is 13.2 Å². The number of carbonyl (C=O) groups is 2. The largest absolute Gasteiger partial charge is 0.461 e. The molecule has 10 nitrogen and oxygen atoms in total. The lowest BCUT2D eigenvalue weighted by molar-refractivity contribution is -0.120. The number of carbonyl (C=O) groups excluding carboxylic acids is 2. The highest BCUT2D eigenvalue weighted by Crippen LogP contribution is 2.31. The number of nitrogens with one attached hydrogen (secondary N) is 1. The van der Waals surface area contributed by atoms with Gasteiger partial charge in [0.15, 0.2) is 11.3 Å². The van der Waals surface area contributed by atoms with Gasteiger partial charge >= 0.3 is 5.97 Å². The van der Waals surface area contributed by atoms with Gasteiger partial charge in [-0.15, -0.1) is 0 Å². The van der Waals surface area contributed by atoms with Crippen molar-refractivity contribution in [2.24, 2.45) is 5.92 Å². The Morgan fingerprint density at radius 3 is 2.51 bits per heavy atom. The SMILES string of the molecule is CCOC(=O)c1cc(C)c2nc(CC)n(Cc3ccc(-c4ccncc4S(=O)(=O)NC(=O)C4CC4)cc3)c2n1. The van der Waals surface area contributed by atoms with Crippen LogP contribution in [0.25, 0.3) is 22.3 Å². The smallest absolute Gasteiger partial charge is 0.357 e. The molecule has 11 heteroatoms. The molecule has 0 spiro atoms. The number of imidazole rings is 1. The summed E-state index contributed by atoms with van der Waals surface area (Å²) in [4.78, 5) is 37.8. The van der Waals surface area contributed by atoms with E-state index in [0.29, 0.717) is 42.6 Å². The highest BCUT2D eigenvalue weighted by Gasteiger charge is 2.33. The van der Waals surface area contributed by atoms with Crippen LogP contribution < -0.4 is 4.72 Å². The van der Waals surface area contributed by atoms with E-state index < -0.39 is 21.9 Å². The molecule has 0 bridgehead atoms. The van der Waals surface area contributed by atoms with Crippen molar-refractivity contribution >= 4 is 33.1 Å². The van der Waals surface area contributed by atoms with Crippen LogP contribution in [-0.4, -0.2) is 46.4 Å². The molecule has 1 aliphatic rings. The monoisotopic (exact) mass is 547 g/mol. The van der Waals surface area contributed by atoms with Crippen molar-refractivity contribution in [3.63, 3.8) is 0 Å². The fraction of sp³-hybridized carbons (Fsp3) is 0.321. The van der Waals surface area contributed by atoms with Crippen LogP contribution in [0.4, 0.5) is 0 Å². The van der Waals surface area contributed by atoms with Gasteiger partial charge in [-0.05, 0) is 55.5 Å². The number of amides is 1. The van der Waals surface area contributed by atoms with Crippen LogP contribution in [0, 0.1) is 12.8 Å². The molecule has 0 aliphatic heterocycles. The second-order valence-corrected chi connectivity index (χ2v) is 11.1. The molecule has 1 saturated carbocycles. The number of benzene rings is 1. The van der Waals surface area contributed by atoms with Crippen LogP contribution >= 0.6 is 0 Å². The Hall–Kier alpha value is -4.12. The van der Waals surface area contributed by atoms with Crippen molar-refractivity contribution < 1.29 is 22.7 Å².